The van der Waals surface area contributed by atoms with Gasteiger partial charge in [-0.05, 0) is 89.8 Å². The van der Waals surface area contributed by atoms with Crippen molar-refractivity contribution in [1.29, 1.82) is 0 Å². The van der Waals surface area contributed by atoms with Crippen LogP contribution in [0.4, 0.5) is 4.79 Å². The molecule has 43 heavy (non-hydrogen) atoms. The van der Waals surface area contributed by atoms with Gasteiger partial charge >= 0.3 is 18.1 Å². The van der Waals surface area contributed by atoms with Crippen LogP contribution in [0.5, 0.6) is 11.5 Å². The maximum Gasteiger partial charge on any atom is 0.513 e. The van der Waals surface area contributed by atoms with E-state index in [1.807, 2.05) is 24.3 Å². The number of hydrogen-bond donors (Lipinski definition) is 0. The third-order valence-corrected chi connectivity index (χ3v) is 7.95. The van der Waals surface area contributed by atoms with E-state index in [0.717, 1.165) is 23.3 Å². The molecule has 0 aliphatic heterocycles. The van der Waals surface area contributed by atoms with Crippen LogP contribution < -0.4 is 9.47 Å². The predicted molar refractivity (Wildman–Crippen MR) is 162 cm³/mol. The van der Waals surface area contributed by atoms with E-state index in [9.17, 15) is 19.2 Å². The van der Waals surface area contributed by atoms with Gasteiger partial charge in [0.25, 0.3) is 0 Å². The highest BCUT2D eigenvalue weighted by atomic mass is 16.7. The first kappa shape index (κ1) is 31.5. The lowest BCUT2D eigenvalue weighted by molar-refractivity contribution is -0.138. The summed E-state index contributed by atoms with van der Waals surface area (Å²) in [7, 11) is 0. The maximum atomic E-state index is 13.3. The zero-order chi connectivity index (χ0) is 30.9. The van der Waals surface area contributed by atoms with E-state index < -0.39 is 18.1 Å². The molecule has 0 amide bonds. The highest BCUT2D eigenvalue weighted by Gasteiger charge is 2.32. The van der Waals surface area contributed by atoms with E-state index in [2.05, 4.69) is 27.4 Å². The summed E-state index contributed by atoms with van der Waals surface area (Å²) >= 11 is 0. The molecule has 1 saturated carbocycles. The molecule has 0 bridgehead atoms. The van der Waals surface area contributed by atoms with E-state index in [1.54, 1.807) is 12.1 Å². The average molecular weight is 587 g/mol. The molecule has 0 aromatic heterocycles. The number of carbonyl (C=O) groups is 4. The van der Waals surface area contributed by atoms with Crippen LogP contribution in [0.3, 0.4) is 0 Å². The Kier molecular flexibility index (Phi) is 10.7. The van der Waals surface area contributed by atoms with Crippen molar-refractivity contribution in [1.82, 2.24) is 0 Å². The first-order chi connectivity index (χ1) is 20.6. The Morgan fingerprint density at radius 1 is 0.837 bits per heavy atom. The first-order valence-corrected chi connectivity index (χ1v) is 14.7. The Morgan fingerprint density at radius 3 is 2.09 bits per heavy atom. The normalized spacial score (nSPS) is 18.1. The lowest BCUT2D eigenvalue weighted by Crippen LogP contribution is -2.29. The van der Waals surface area contributed by atoms with Crippen molar-refractivity contribution in [3.8, 4) is 11.5 Å². The molecule has 1 aliphatic carbocycles. The topological polar surface area (TPSA) is 105 Å². The zero-order valence-corrected chi connectivity index (χ0v) is 24.9. The van der Waals surface area contributed by atoms with Crippen LogP contribution in [0.1, 0.15) is 67.2 Å². The smallest absolute Gasteiger partial charge is 0.459 e. The Morgan fingerprint density at radius 2 is 1.44 bits per heavy atom. The second-order valence-corrected chi connectivity index (χ2v) is 11.4. The van der Waals surface area contributed by atoms with Gasteiger partial charge in [-0.3, -0.25) is 4.79 Å². The molecule has 226 valence electrons. The summed E-state index contributed by atoms with van der Waals surface area (Å²) in [6.07, 6.45) is 4.14. The highest BCUT2D eigenvalue weighted by Crippen LogP contribution is 2.40. The number of esters is 2. The molecular formula is C35H38O8. The van der Waals surface area contributed by atoms with E-state index in [4.69, 9.17) is 18.9 Å². The van der Waals surface area contributed by atoms with E-state index in [-0.39, 0.29) is 30.5 Å². The fourth-order valence-electron chi connectivity index (χ4n) is 5.73. The lowest BCUT2D eigenvalue weighted by Gasteiger charge is -2.37. The molecule has 1 aliphatic rings. The number of fused-ring (bicyclic) bond motifs is 1. The highest BCUT2D eigenvalue weighted by molar-refractivity contribution is 6.02. The average Bonchev–Trinajstić information content (AvgIpc) is 2.99. The molecule has 0 spiro atoms. The summed E-state index contributed by atoms with van der Waals surface area (Å²) in [5, 5.41) is 1.71. The molecule has 3 unspecified atom stereocenters. The maximum absolute atomic E-state index is 13.3. The Bertz CT molecular complexity index is 1470. The Labute approximate surface area is 252 Å². The third-order valence-electron chi connectivity index (χ3n) is 7.95. The van der Waals surface area contributed by atoms with E-state index in [1.165, 1.54) is 37.1 Å². The van der Waals surface area contributed by atoms with Crippen molar-refractivity contribution >= 4 is 34.6 Å². The molecule has 8 heteroatoms. The van der Waals surface area contributed by atoms with Gasteiger partial charge in [0.2, 0.25) is 0 Å². The Hall–Kier alpha value is -4.46. The van der Waals surface area contributed by atoms with Gasteiger partial charge in [0.05, 0.1) is 5.56 Å². The van der Waals surface area contributed by atoms with E-state index >= 15 is 0 Å². The Balaban J connectivity index is 1.32. The van der Waals surface area contributed by atoms with Crippen LogP contribution in [-0.4, -0.2) is 37.1 Å². The zero-order valence-electron chi connectivity index (χ0n) is 24.9. The second kappa shape index (κ2) is 14.6. The number of ether oxygens (including phenoxy) is 4. The summed E-state index contributed by atoms with van der Waals surface area (Å²) in [5.41, 5.74) is 1.06. The fourth-order valence-corrected chi connectivity index (χ4v) is 5.73. The van der Waals surface area contributed by atoms with Gasteiger partial charge in [-0.1, -0.05) is 52.0 Å². The standard InChI is InChI=1S/C35H38O8/c1-5-33(37)40-16-17-41-35(39)43-30-13-11-29(12-14-30)42-34(38)27-10-8-24-19-26(9-7-25(24)20-27)32(36)21-28-18-23(4)6-15-31(28)22(2)3/h5,7-14,19-20,22-23,28,31H,1,6,15-18,21H2,2-4H3. The van der Waals surface area contributed by atoms with Crippen molar-refractivity contribution in [3.05, 3.63) is 84.4 Å². The molecule has 1 fully saturated rings. The second-order valence-electron chi connectivity index (χ2n) is 11.4. The summed E-state index contributed by atoms with van der Waals surface area (Å²) in [5.74, 6) is 1.68. The molecule has 3 atom stereocenters. The first-order valence-electron chi connectivity index (χ1n) is 14.7. The van der Waals surface area contributed by atoms with Crippen LogP contribution in [0.25, 0.3) is 10.8 Å². The molecular weight excluding hydrogens is 548 g/mol. The summed E-state index contributed by atoms with van der Waals surface area (Å²) in [6.45, 7) is 9.78. The van der Waals surface area contributed by atoms with Gasteiger partial charge in [-0.15, -0.1) is 0 Å². The largest absolute Gasteiger partial charge is 0.513 e. The molecule has 8 nitrogen and oxygen atoms in total. The monoisotopic (exact) mass is 586 g/mol. The van der Waals surface area contributed by atoms with Gasteiger partial charge in [0.1, 0.15) is 24.7 Å². The lowest BCUT2D eigenvalue weighted by atomic mass is 9.68. The SMILES string of the molecule is C=CC(=O)OCCOC(=O)Oc1ccc(OC(=O)c2ccc3cc(C(=O)CC4CC(C)CCC4C(C)C)ccc3c2)cc1. The van der Waals surface area contributed by atoms with Gasteiger partial charge in [-0.2, -0.15) is 0 Å². The molecule has 4 rings (SSSR count). The number of Topliss-reactive ketones (excluding diaryl/α,β-unsaturated/α-hetero) is 1. The van der Waals surface area contributed by atoms with Gasteiger partial charge in [-0.25, -0.2) is 14.4 Å². The molecule has 3 aromatic rings. The molecule has 0 saturated heterocycles. The van der Waals surface area contributed by atoms with E-state index in [0.29, 0.717) is 41.2 Å². The predicted octanol–water partition coefficient (Wildman–Crippen LogP) is 7.58. The minimum absolute atomic E-state index is 0.123. The van der Waals surface area contributed by atoms with Crippen LogP contribution in [0.15, 0.2) is 73.3 Å². The number of rotatable bonds is 11. The van der Waals surface area contributed by atoms with Crippen LogP contribution in [0, 0.1) is 23.7 Å². The van der Waals surface area contributed by atoms with Crippen molar-refractivity contribution in [2.45, 2.75) is 46.5 Å². The van der Waals surface area contributed by atoms with Crippen LogP contribution >= 0.6 is 0 Å². The number of carbonyl (C=O) groups excluding carboxylic acids is 4. The summed E-state index contributed by atoms with van der Waals surface area (Å²) < 4.78 is 20.1. The van der Waals surface area contributed by atoms with Crippen molar-refractivity contribution in [3.63, 3.8) is 0 Å². The molecule has 0 heterocycles. The van der Waals surface area contributed by atoms with Crippen molar-refractivity contribution in [2.24, 2.45) is 23.7 Å². The van der Waals surface area contributed by atoms with Gasteiger partial charge < -0.3 is 18.9 Å². The number of hydrogen-bond acceptors (Lipinski definition) is 8. The van der Waals surface area contributed by atoms with Crippen molar-refractivity contribution in [2.75, 3.05) is 13.2 Å². The van der Waals surface area contributed by atoms with Gasteiger partial charge in [0.15, 0.2) is 5.78 Å². The summed E-state index contributed by atoms with van der Waals surface area (Å²) in [6, 6.07) is 16.7. The minimum Gasteiger partial charge on any atom is -0.459 e. The fraction of sp³-hybridized carbons (Fsp3) is 0.371. The quantitative estimate of drug-likeness (QED) is 0.0565. The third kappa shape index (κ3) is 8.77. The number of benzene rings is 3. The van der Waals surface area contributed by atoms with Crippen molar-refractivity contribution < 1.29 is 38.1 Å². The van der Waals surface area contributed by atoms with Crippen LogP contribution in [-0.2, 0) is 14.3 Å². The summed E-state index contributed by atoms with van der Waals surface area (Å²) in [4.78, 5) is 48.8. The van der Waals surface area contributed by atoms with Gasteiger partial charge in [0, 0.05) is 18.1 Å². The van der Waals surface area contributed by atoms with Crippen LogP contribution in [0.2, 0.25) is 0 Å². The minimum atomic E-state index is -0.969. The molecule has 0 radical (unpaired) electrons. The molecule has 3 aromatic carbocycles. The number of ketones is 1. The molecule has 0 N–H and O–H groups in total.